The third kappa shape index (κ3) is 3.82. The molecule has 3 aromatic rings. The van der Waals surface area contributed by atoms with Crippen molar-refractivity contribution in [3.63, 3.8) is 0 Å². The number of nitrogens with one attached hydrogen (secondary N) is 1. The highest BCUT2D eigenvalue weighted by Crippen LogP contribution is 2.30. The average molecular weight is 417 g/mol. The number of hydrogen-bond donors (Lipinski definition) is 1. The summed E-state index contributed by atoms with van der Waals surface area (Å²) in [5, 5.41) is 2.09. The predicted octanol–water partition coefficient (Wildman–Crippen LogP) is 3.36. The average Bonchev–Trinajstić information content (AvgIpc) is 3.17. The number of esters is 1. The molecule has 2 aromatic carbocycles. The van der Waals surface area contributed by atoms with Crippen molar-refractivity contribution < 1.29 is 19.1 Å². The Kier molecular flexibility index (Phi) is 5.33. The largest absolute Gasteiger partial charge is 0.462 e. The third-order valence-electron chi connectivity index (χ3n) is 5.13. The predicted molar refractivity (Wildman–Crippen MR) is 118 cm³/mol. The van der Waals surface area contributed by atoms with Crippen LogP contribution in [0.3, 0.4) is 0 Å². The number of ether oxygens (including phenoxy) is 1. The lowest BCUT2D eigenvalue weighted by Gasteiger charge is -2.13. The molecule has 0 bridgehead atoms. The van der Waals surface area contributed by atoms with Gasteiger partial charge in [0.1, 0.15) is 12.1 Å². The van der Waals surface area contributed by atoms with Crippen molar-refractivity contribution >= 4 is 40.4 Å². The number of anilines is 1. The summed E-state index contributed by atoms with van der Waals surface area (Å²) in [6, 6.07) is 16.5. The van der Waals surface area contributed by atoms with Crippen molar-refractivity contribution in [2.24, 2.45) is 0 Å². The van der Waals surface area contributed by atoms with Crippen molar-refractivity contribution in [3.05, 3.63) is 71.4 Å². The summed E-state index contributed by atoms with van der Waals surface area (Å²) in [5.41, 5.74) is 5.57. The van der Waals surface area contributed by atoms with Gasteiger partial charge >= 0.3 is 5.97 Å². The highest BCUT2D eigenvalue weighted by molar-refractivity contribution is 6.32. The summed E-state index contributed by atoms with van der Waals surface area (Å²) in [7, 11) is 0. The molecule has 1 N–H and O–H groups in total. The monoisotopic (exact) mass is 417 g/mol. The standard InChI is InChI=1S/C24H23N3O4/c1-15(2)31-22(28)14-26-16(3)19(18-11-7-8-12-21(18)26)13-20-23(29)25-27(24(20)30)17-9-5-4-6-10-17/h4-13,15H,14H2,1-3H3,(H,25,29)/b20-13-. The Morgan fingerprint density at radius 3 is 2.45 bits per heavy atom. The zero-order valence-corrected chi connectivity index (χ0v) is 17.6. The second-order valence-electron chi connectivity index (χ2n) is 7.62. The van der Waals surface area contributed by atoms with E-state index in [0.717, 1.165) is 22.2 Å². The summed E-state index contributed by atoms with van der Waals surface area (Å²) in [4.78, 5) is 37.9. The Balaban J connectivity index is 1.76. The van der Waals surface area contributed by atoms with Crippen LogP contribution in [0, 0.1) is 6.92 Å². The quantitative estimate of drug-likeness (QED) is 0.392. The van der Waals surface area contributed by atoms with E-state index in [1.165, 1.54) is 5.01 Å². The molecule has 0 atom stereocenters. The zero-order chi connectivity index (χ0) is 22.1. The number of amides is 2. The van der Waals surface area contributed by atoms with Crippen molar-refractivity contribution in [1.29, 1.82) is 0 Å². The fourth-order valence-electron chi connectivity index (χ4n) is 3.73. The topological polar surface area (TPSA) is 80.6 Å². The first-order valence-corrected chi connectivity index (χ1v) is 10.1. The maximum absolute atomic E-state index is 13.0. The van der Waals surface area contributed by atoms with Gasteiger partial charge in [-0.25, -0.2) is 5.01 Å². The minimum atomic E-state index is -0.468. The van der Waals surface area contributed by atoms with E-state index in [4.69, 9.17) is 4.74 Å². The summed E-state index contributed by atoms with van der Waals surface area (Å²) < 4.78 is 7.14. The molecule has 158 valence electrons. The summed E-state index contributed by atoms with van der Waals surface area (Å²) >= 11 is 0. The lowest BCUT2D eigenvalue weighted by molar-refractivity contribution is -0.148. The number of fused-ring (bicyclic) bond motifs is 1. The molecule has 1 saturated heterocycles. The lowest BCUT2D eigenvalue weighted by Crippen LogP contribution is -2.35. The molecule has 1 fully saturated rings. The number of carbonyl (C=O) groups is 3. The Hall–Kier alpha value is -3.87. The van der Waals surface area contributed by atoms with Gasteiger partial charge in [0, 0.05) is 22.2 Å². The molecule has 7 nitrogen and oxygen atoms in total. The molecule has 2 heterocycles. The first kappa shape index (κ1) is 20.4. The van der Waals surface area contributed by atoms with Gasteiger partial charge in [0.25, 0.3) is 11.8 Å². The van der Waals surface area contributed by atoms with Crippen molar-refractivity contribution in [3.8, 4) is 0 Å². The van der Waals surface area contributed by atoms with Crippen LogP contribution >= 0.6 is 0 Å². The van der Waals surface area contributed by atoms with Gasteiger partial charge in [0.15, 0.2) is 0 Å². The maximum Gasteiger partial charge on any atom is 0.326 e. The highest BCUT2D eigenvalue weighted by atomic mass is 16.5. The first-order valence-electron chi connectivity index (χ1n) is 10.1. The van der Waals surface area contributed by atoms with Crippen LogP contribution < -0.4 is 10.4 Å². The van der Waals surface area contributed by atoms with E-state index in [9.17, 15) is 14.4 Å². The molecule has 0 radical (unpaired) electrons. The number of hydrogen-bond acceptors (Lipinski definition) is 4. The number of rotatable bonds is 5. The van der Waals surface area contributed by atoms with E-state index < -0.39 is 11.8 Å². The van der Waals surface area contributed by atoms with Gasteiger partial charge in [-0.3, -0.25) is 19.8 Å². The van der Waals surface area contributed by atoms with Crippen LogP contribution in [0.5, 0.6) is 0 Å². The number of aromatic nitrogens is 1. The van der Waals surface area contributed by atoms with E-state index in [2.05, 4.69) is 5.43 Å². The van der Waals surface area contributed by atoms with Crippen LogP contribution in [0.15, 0.2) is 60.2 Å². The Labute approximate surface area is 179 Å². The van der Waals surface area contributed by atoms with Gasteiger partial charge in [-0.1, -0.05) is 36.4 Å². The SMILES string of the molecule is Cc1c(/C=C2/C(=O)NN(c3ccccc3)C2=O)c2ccccc2n1CC(=O)OC(C)C. The van der Waals surface area contributed by atoms with Crippen LogP contribution in [0.2, 0.25) is 0 Å². The van der Waals surface area contributed by atoms with E-state index in [0.29, 0.717) is 5.69 Å². The van der Waals surface area contributed by atoms with Crippen LogP contribution in [0.4, 0.5) is 5.69 Å². The Morgan fingerprint density at radius 1 is 1.06 bits per heavy atom. The Bertz CT molecular complexity index is 1210. The fourth-order valence-corrected chi connectivity index (χ4v) is 3.73. The van der Waals surface area contributed by atoms with Crippen molar-refractivity contribution in [2.45, 2.75) is 33.4 Å². The summed E-state index contributed by atoms with van der Waals surface area (Å²) in [6.07, 6.45) is 1.39. The molecular weight excluding hydrogens is 394 g/mol. The summed E-state index contributed by atoms with van der Waals surface area (Å²) in [6.45, 7) is 5.51. The second-order valence-corrected chi connectivity index (χ2v) is 7.62. The van der Waals surface area contributed by atoms with Crippen molar-refractivity contribution in [1.82, 2.24) is 9.99 Å². The van der Waals surface area contributed by atoms with Crippen LogP contribution in [0.25, 0.3) is 17.0 Å². The molecule has 0 aliphatic carbocycles. The molecular formula is C24H23N3O4. The van der Waals surface area contributed by atoms with Crippen molar-refractivity contribution in [2.75, 3.05) is 5.01 Å². The van der Waals surface area contributed by atoms with Gasteiger partial charge < -0.3 is 9.30 Å². The maximum atomic E-state index is 13.0. The fraction of sp³-hybridized carbons (Fsp3) is 0.208. The van der Waals surface area contributed by atoms with E-state index >= 15 is 0 Å². The molecule has 0 saturated carbocycles. The molecule has 7 heteroatoms. The van der Waals surface area contributed by atoms with Gasteiger partial charge in [0.05, 0.1) is 11.8 Å². The number of para-hydroxylation sites is 2. The van der Waals surface area contributed by atoms with E-state index in [1.807, 2.05) is 41.8 Å². The number of carbonyl (C=O) groups excluding carboxylic acids is 3. The number of nitrogens with zero attached hydrogens (tertiary/aromatic N) is 2. The lowest BCUT2D eigenvalue weighted by atomic mass is 10.1. The highest BCUT2D eigenvalue weighted by Gasteiger charge is 2.35. The third-order valence-corrected chi connectivity index (χ3v) is 5.13. The molecule has 1 aliphatic rings. The molecule has 2 amide bonds. The normalized spacial score (nSPS) is 15.2. The number of hydrazine groups is 1. The molecule has 0 unspecified atom stereocenters. The molecule has 1 aromatic heterocycles. The van der Waals surface area contributed by atoms with Gasteiger partial charge in [-0.05, 0) is 45.0 Å². The van der Waals surface area contributed by atoms with Gasteiger partial charge in [-0.2, -0.15) is 0 Å². The molecule has 0 spiro atoms. The smallest absolute Gasteiger partial charge is 0.326 e. The number of benzene rings is 2. The zero-order valence-electron chi connectivity index (χ0n) is 17.6. The van der Waals surface area contributed by atoms with Crippen LogP contribution in [-0.2, 0) is 25.7 Å². The van der Waals surface area contributed by atoms with E-state index in [-0.39, 0.29) is 24.2 Å². The Morgan fingerprint density at radius 2 is 1.74 bits per heavy atom. The van der Waals surface area contributed by atoms with E-state index in [1.54, 1.807) is 44.2 Å². The molecule has 4 rings (SSSR count). The molecule has 31 heavy (non-hydrogen) atoms. The minimum absolute atomic E-state index is 0.0413. The molecule has 1 aliphatic heterocycles. The second kappa shape index (κ2) is 8.10. The van der Waals surface area contributed by atoms with Gasteiger partial charge in [-0.15, -0.1) is 0 Å². The van der Waals surface area contributed by atoms with Crippen LogP contribution in [-0.4, -0.2) is 28.5 Å². The minimum Gasteiger partial charge on any atom is -0.462 e. The van der Waals surface area contributed by atoms with Crippen LogP contribution in [0.1, 0.15) is 25.1 Å². The first-order chi connectivity index (χ1) is 14.9. The van der Waals surface area contributed by atoms with Gasteiger partial charge in [0.2, 0.25) is 0 Å². The summed E-state index contributed by atoms with van der Waals surface area (Å²) in [5.74, 6) is -1.24.